The molecule has 0 unspecified atom stereocenters. The summed E-state index contributed by atoms with van der Waals surface area (Å²) in [5, 5.41) is 10.6. The van der Waals surface area contributed by atoms with Crippen LogP contribution in [0.1, 0.15) is 15.3 Å². The van der Waals surface area contributed by atoms with Gasteiger partial charge in [-0.15, -0.1) is 22.7 Å². The first-order chi connectivity index (χ1) is 8.51. The van der Waals surface area contributed by atoms with Crippen LogP contribution in [0.4, 0.5) is 0 Å². The monoisotopic (exact) mass is 303 g/mol. The molecule has 2 aromatic heterocycles. The summed E-state index contributed by atoms with van der Waals surface area (Å²) in [5.74, 6) is 0. The van der Waals surface area contributed by atoms with E-state index in [2.05, 4.69) is 4.72 Å². The summed E-state index contributed by atoms with van der Waals surface area (Å²) < 4.78 is 26.7. The van der Waals surface area contributed by atoms with Crippen LogP contribution in [0.3, 0.4) is 0 Å². The molecule has 0 saturated carbocycles. The zero-order valence-electron chi connectivity index (χ0n) is 9.71. The van der Waals surface area contributed by atoms with Gasteiger partial charge in [0, 0.05) is 16.3 Å². The summed E-state index contributed by atoms with van der Waals surface area (Å²) in [7, 11) is -3.47. The molecule has 0 atom stereocenters. The van der Waals surface area contributed by atoms with Crippen LogP contribution in [0.5, 0.6) is 0 Å². The van der Waals surface area contributed by atoms with E-state index >= 15 is 0 Å². The zero-order chi connectivity index (χ0) is 13.2. The fourth-order valence-electron chi connectivity index (χ4n) is 1.39. The summed E-state index contributed by atoms with van der Waals surface area (Å²) in [4.78, 5) is 2.14. The second-order valence-corrected chi connectivity index (χ2v) is 8.05. The first-order valence-electron chi connectivity index (χ1n) is 5.24. The Labute approximate surface area is 114 Å². The van der Waals surface area contributed by atoms with E-state index in [9.17, 15) is 8.42 Å². The lowest BCUT2D eigenvalue weighted by Crippen LogP contribution is -2.21. The highest BCUT2D eigenvalue weighted by Gasteiger charge is 2.16. The third-order valence-electron chi connectivity index (χ3n) is 2.31. The molecule has 4 nitrogen and oxygen atoms in total. The molecule has 2 heterocycles. The summed E-state index contributed by atoms with van der Waals surface area (Å²) in [5.41, 5.74) is 0.618. The summed E-state index contributed by atoms with van der Waals surface area (Å²) in [6.45, 7) is 2.14. The number of hydrogen-bond acceptors (Lipinski definition) is 5. The predicted octanol–water partition coefficient (Wildman–Crippen LogP) is 2.09. The molecule has 2 N–H and O–H groups in total. The number of aryl methyl sites for hydroxylation is 1. The van der Waals surface area contributed by atoms with E-state index in [-0.39, 0.29) is 10.8 Å². The van der Waals surface area contributed by atoms with Crippen LogP contribution >= 0.6 is 22.7 Å². The highest BCUT2D eigenvalue weighted by Crippen LogP contribution is 2.21. The molecule has 0 fully saturated rings. The van der Waals surface area contributed by atoms with Crippen molar-refractivity contribution in [2.75, 3.05) is 0 Å². The molecule has 0 spiro atoms. The lowest BCUT2D eigenvalue weighted by atomic mass is 10.4. The van der Waals surface area contributed by atoms with E-state index in [1.54, 1.807) is 16.7 Å². The Morgan fingerprint density at radius 1 is 1.39 bits per heavy atom. The van der Waals surface area contributed by atoms with Crippen LogP contribution in [-0.4, -0.2) is 13.5 Å². The van der Waals surface area contributed by atoms with Crippen molar-refractivity contribution in [2.45, 2.75) is 24.3 Å². The molecule has 0 radical (unpaired) electrons. The molecule has 2 rings (SSSR count). The fraction of sp³-hybridized carbons (Fsp3) is 0.273. The first kappa shape index (κ1) is 13.7. The topological polar surface area (TPSA) is 66.4 Å². The predicted molar refractivity (Wildman–Crippen MR) is 73.3 cm³/mol. The summed E-state index contributed by atoms with van der Waals surface area (Å²) in [6, 6.07) is 5.37. The first-order valence-corrected chi connectivity index (χ1v) is 8.42. The van der Waals surface area contributed by atoms with E-state index in [1.807, 2.05) is 19.1 Å². The van der Waals surface area contributed by atoms with Gasteiger partial charge >= 0.3 is 0 Å². The Bertz CT molecular complexity index is 628. The Morgan fingerprint density at radius 2 is 2.17 bits per heavy atom. The smallest absolute Gasteiger partial charge is 0.250 e. The Balaban J connectivity index is 2.07. The van der Waals surface area contributed by atoms with Crippen molar-refractivity contribution in [1.29, 1.82) is 0 Å². The number of rotatable bonds is 5. The highest BCUT2D eigenvalue weighted by molar-refractivity contribution is 7.91. The maximum Gasteiger partial charge on any atom is 0.250 e. The second kappa shape index (κ2) is 5.50. The number of aliphatic hydroxyl groups is 1. The number of thiophene rings is 2. The minimum atomic E-state index is -3.47. The van der Waals surface area contributed by atoms with Gasteiger partial charge in [-0.1, -0.05) is 0 Å². The molecular weight excluding hydrogens is 290 g/mol. The minimum absolute atomic E-state index is 0.143. The van der Waals surface area contributed by atoms with Crippen LogP contribution in [-0.2, 0) is 23.2 Å². The van der Waals surface area contributed by atoms with Gasteiger partial charge in [-0.3, -0.25) is 0 Å². The van der Waals surface area contributed by atoms with Gasteiger partial charge in [-0.25, -0.2) is 13.1 Å². The van der Waals surface area contributed by atoms with Crippen LogP contribution in [0.2, 0.25) is 0 Å². The van der Waals surface area contributed by atoms with Crippen LogP contribution in [0.25, 0.3) is 0 Å². The van der Waals surface area contributed by atoms with Crippen LogP contribution in [0, 0.1) is 6.92 Å². The van der Waals surface area contributed by atoms with Crippen molar-refractivity contribution >= 4 is 32.7 Å². The zero-order valence-corrected chi connectivity index (χ0v) is 12.2. The average molecular weight is 303 g/mol. The van der Waals surface area contributed by atoms with E-state index in [1.165, 1.54) is 6.07 Å². The molecule has 2 aromatic rings. The number of nitrogens with one attached hydrogen (secondary N) is 1. The Morgan fingerprint density at radius 3 is 2.72 bits per heavy atom. The largest absolute Gasteiger partial charge is 0.392 e. The lowest BCUT2D eigenvalue weighted by molar-refractivity contribution is 0.282. The molecule has 18 heavy (non-hydrogen) atoms. The molecule has 98 valence electrons. The van der Waals surface area contributed by atoms with Crippen molar-refractivity contribution in [1.82, 2.24) is 4.72 Å². The lowest BCUT2D eigenvalue weighted by Gasteiger charge is -2.02. The Kier molecular flexibility index (Phi) is 4.18. The molecule has 0 amide bonds. The molecule has 0 aliphatic rings. The number of hydrogen-bond donors (Lipinski definition) is 2. The molecule has 0 bridgehead atoms. The molecule has 0 aromatic carbocycles. The molecule has 0 aliphatic carbocycles. The maximum atomic E-state index is 12.0. The standard InChI is InChI=1S/C11H13NO3S3/c1-8-2-3-10(17-8)5-12-18(14,15)11-4-9(6-13)7-16-11/h2-4,7,12-13H,5-6H2,1H3. The SMILES string of the molecule is Cc1ccc(CNS(=O)(=O)c2cc(CO)cs2)s1. The van der Waals surface area contributed by atoms with Crippen molar-refractivity contribution in [3.8, 4) is 0 Å². The summed E-state index contributed by atoms with van der Waals surface area (Å²) >= 11 is 2.68. The van der Waals surface area contributed by atoms with Gasteiger partial charge in [0.2, 0.25) is 10.0 Å². The van der Waals surface area contributed by atoms with E-state index in [4.69, 9.17) is 5.11 Å². The molecule has 0 aliphatic heterocycles. The van der Waals surface area contributed by atoms with Gasteiger partial charge in [0.25, 0.3) is 0 Å². The van der Waals surface area contributed by atoms with Crippen molar-refractivity contribution in [3.63, 3.8) is 0 Å². The van der Waals surface area contributed by atoms with Gasteiger partial charge in [0.05, 0.1) is 6.61 Å². The normalized spacial score (nSPS) is 11.9. The number of sulfonamides is 1. The van der Waals surface area contributed by atoms with E-state index in [0.29, 0.717) is 12.1 Å². The fourth-order valence-corrected chi connectivity index (χ4v) is 4.57. The van der Waals surface area contributed by atoms with Gasteiger partial charge in [-0.2, -0.15) is 0 Å². The van der Waals surface area contributed by atoms with Crippen molar-refractivity contribution in [2.24, 2.45) is 0 Å². The van der Waals surface area contributed by atoms with Crippen LogP contribution in [0.15, 0.2) is 27.8 Å². The summed E-state index contributed by atoms with van der Waals surface area (Å²) in [6.07, 6.45) is 0. The van der Waals surface area contributed by atoms with Gasteiger partial charge in [-0.05, 0) is 36.1 Å². The van der Waals surface area contributed by atoms with Crippen LogP contribution < -0.4 is 4.72 Å². The Hall–Kier alpha value is -0.730. The average Bonchev–Trinajstić information content (AvgIpc) is 2.95. The maximum absolute atomic E-state index is 12.0. The second-order valence-electron chi connectivity index (χ2n) is 3.77. The van der Waals surface area contributed by atoms with Gasteiger partial charge in [0.1, 0.15) is 4.21 Å². The number of aliphatic hydroxyl groups excluding tert-OH is 1. The third kappa shape index (κ3) is 3.18. The van der Waals surface area contributed by atoms with Crippen molar-refractivity contribution in [3.05, 3.63) is 38.9 Å². The highest BCUT2D eigenvalue weighted by atomic mass is 32.2. The van der Waals surface area contributed by atoms with E-state index < -0.39 is 10.0 Å². The molecule has 7 heteroatoms. The van der Waals surface area contributed by atoms with Gasteiger partial charge < -0.3 is 5.11 Å². The quantitative estimate of drug-likeness (QED) is 0.889. The minimum Gasteiger partial charge on any atom is -0.392 e. The van der Waals surface area contributed by atoms with Gasteiger partial charge in [0.15, 0.2) is 0 Å². The molecule has 0 saturated heterocycles. The molecular formula is C11H13NO3S3. The van der Waals surface area contributed by atoms with Crippen molar-refractivity contribution < 1.29 is 13.5 Å². The third-order valence-corrected chi connectivity index (χ3v) is 6.20. The van der Waals surface area contributed by atoms with E-state index in [0.717, 1.165) is 21.1 Å².